The fourth-order valence-corrected chi connectivity index (χ4v) is 3.31. The van der Waals surface area contributed by atoms with Crippen LogP contribution in [-0.4, -0.2) is 34.1 Å². The molecule has 20 heavy (non-hydrogen) atoms. The molecular weight excluding hydrogens is 271 g/mol. The Balaban J connectivity index is 1.92. The Hall–Kier alpha value is -1.56. The van der Waals surface area contributed by atoms with E-state index in [4.69, 9.17) is 0 Å². The molecule has 0 aromatic heterocycles. The maximum absolute atomic E-state index is 13.7. The summed E-state index contributed by atoms with van der Waals surface area (Å²) in [5.74, 6) is -5.00. The Kier molecular flexibility index (Phi) is 3.20. The smallest absolute Gasteiger partial charge is 0.257 e. The van der Waals surface area contributed by atoms with E-state index in [1.165, 1.54) is 4.90 Å². The monoisotopic (exact) mass is 285 g/mol. The number of piperidine rings is 1. The lowest BCUT2D eigenvalue weighted by atomic mass is 9.98. The zero-order valence-electron chi connectivity index (χ0n) is 10.7. The molecule has 1 N–H and O–H groups in total. The SMILES string of the molecule is O=C(c1ccc(F)c(F)c1F)N1C2CCC1CC(O)C2. The van der Waals surface area contributed by atoms with Crippen molar-refractivity contribution in [1.82, 2.24) is 4.90 Å². The Morgan fingerprint density at radius 1 is 1.10 bits per heavy atom. The van der Waals surface area contributed by atoms with Crippen LogP contribution in [0, 0.1) is 17.5 Å². The molecule has 6 heteroatoms. The van der Waals surface area contributed by atoms with E-state index < -0.39 is 35.0 Å². The first kappa shape index (κ1) is 13.4. The first-order valence-electron chi connectivity index (χ1n) is 6.63. The zero-order valence-corrected chi connectivity index (χ0v) is 10.7. The third kappa shape index (κ3) is 1.98. The molecule has 2 unspecified atom stereocenters. The number of carbonyl (C=O) groups excluding carboxylic acids is 1. The average molecular weight is 285 g/mol. The summed E-state index contributed by atoms with van der Waals surface area (Å²) in [5.41, 5.74) is -0.447. The Morgan fingerprint density at radius 2 is 1.70 bits per heavy atom. The molecule has 0 aliphatic carbocycles. The Labute approximate surface area is 114 Å². The highest BCUT2D eigenvalue weighted by Crippen LogP contribution is 2.37. The van der Waals surface area contributed by atoms with Crippen molar-refractivity contribution >= 4 is 5.91 Å². The fourth-order valence-electron chi connectivity index (χ4n) is 3.31. The summed E-state index contributed by atoms with van der Waals surface area (Å²) in [4.78, 5) is 13.9. The third-order valence-electron chi connectivity index (χ3n) is 4.21. The number of amides is 1. The molecule has 0 saturated carbocycles. The molecule has 2 aliphatic rings. The summed E-state index contributed by atoms with van der Waals surface area (Å²) in [5, 5.41) is 9.67. The van der Waals surface area contributed by atoms with E-state index in [2.05, 4.69) is 0 Å². The lowest BCUT2D eigenvalue weighted by Gasteiger charge is -2.37. The van der Waals surface area contributed by atoms with Crippen molar-refractivity contribution < 1.29 is 23.1 Å². The van der Waals surface area contributed by atoms with Gasteiger partial charge in [0.25, 0.3) is 5.91 Å². The molecule has 2 atom stereocenters. The standard InChI is InChI=1S/C14H14F3NO2/c15-11-4-3-10(12(16)13(11)17)14(20)18-7-1-2-8(18)6-9(19)5-7/h3-4,7-9,19H,1-2,5-6H2. The second-order valence-corrected chi connectivity index (χ2v) is 5.45. The Bertz CT molecular complexity index is 550. The number of aliphatic hydroxyl groups is 1. The van der Waals surface area contributed by atoms with Crippen LogP contribution in [0.4, 0.5) is 13.2 Å². The van der Waals surface area contributed by atoms with E-state index in [0.717, 1.165) is 25.0 Å². The molecule has 1 aromatic rings. The zero-order chi connectivity index (χ0) is 14.4. The molecule has 2 fully saturated rings. The van der Waals surface area contributed by atoms with Crippen molar-refractivity contribution in [3.63, 3.8) is 0 Å². The number of benzene rings is 1. The van der Waals surface area contributed by atoms with E-state index in [9.17, 15) is 23.1 Å². The first-order valence-corrected chi connectivity index (χ1v) is 6.63. The van der Waals surface area contributed by atoms with Gasteiger partial charge in [0, 0.05) is 12.1 Å². The van der Waals surface area contributed by atoms with Gasteiger partial charge in [-0.3, -0.25) is 4.79 Å². The second-order valence-electron chi connectivity index (χ2n) is 5.45. The predicted octanol–water partition coefficient (Wildman–Crippen LogP) is 2.23. The summed E-state index contributed by atoms with van der Waals surface area (Å²) in [6.45, 7) is 0. The summed E-state index contributed by atoms with van der Waals surface area (Å²) < 4.78 is 39.8. The molecule has 0 spiro atoms. The quantitative estimate of drug-likeness (QED) is 0.804. The van der Waals surface area contributed by atoms with Gasteiger partial charge < -0.3 is 10.0 Å². The first-order chi connectivity index (χ1) is 9.49. The minimum atomic E-state index is -1.62. The largest absolute Gasteiger partial charge is 0.393 e. The van der Waals surface area contributed by atoms with Crippen LogP contribution >= 0.6 is 0 Å². The number of aliphatic hydroxyl groups excluding tert-OH is 1. The topological polar surface area (TPSA) is 40.5 Å². The number of carbonyl (C=O) groups is 1. The number of fused-ring (bicyclic) bond motifs is 2. The van der Waals surface area contributed by atoms with Crippen LogP contribution in [0.25, 0.3) is 0 Å². The van der Waals surface area contributed by atoms with Gasteiger partial charge in [-0.15, -0.1) is 0 Å². The summed E-state index contributed by atoms with van der Waals surface area (Å²) in [6.07, 6.45) is 1.95. The molecule has 3 rings (SSSR count). The molecule has 0 radical (unpaired) electrons. The number of nitrogens with zero attached hydrogens (tertiary/aromatic N) is 1. The molecule has 2 bridgehead atoms. The molecule has 2 heterocycles. The van der Waals surface area contributed by atoms with Gasteiger partial charge in [-0.05, 0) is 37.8 Å². The molecule has 1 amide bonds. The minimum Gasteiger partial charge on any atom is -0.393 e. The van der Waals surface area contributed by atoms with Crippen LogP contribution < -0.4 is 0 Å². The number of hydrogen-bond donors (Lipinski definition) is 1. The Morgan fingerprint density at radius 3 is 2.30 bits per heavy atom. The fraction of sp³-hybridized carbons (Fsp3) is 0.500. The van der Waals surface area contributed by atoms with Gasteiger partial charge in [-0.1, -0.05) is 0 Å². The van der Waals surface area contributed by atoms with Gasteiger partial charge >= 0.3 is 0 Å². The van der Waals surface area contributed by atoms with Crippen molar-refractivity contribution in [3.8, 4) is 0 Å². The second kappa shape index (κ2) is 4.77. The lowest BCUT2D eigenvalue weighted by Crippen LogP contribution is -2.48. The van der Waals surface area contributed by atoms with Crippen LogP contribution in [0.3, 0.4) is 0 Å². The normalized spacial score (nSPS) is 28.8. The summed E-state index contributed by atoms with van der Waals surface area (Å²) >= 11 is 0. The van der Waals surface area contributed by atoms with Gasteiger partial charge in [0.15, 0.2) is 17.5 Å². The number of rotatable bonds is 1. The molecule has 108 valence electrons. The number of hydrogen-bond acceptors (Lipinski definition) is 2. The van der Waals surface area contributed by atoms with Crippen LogP contribution in [0.1, 0.15) is 36.0 Å². The van der Waals surface area contributed by atoms with Gasteiger partial charge in [0.05, 0.1) is 11.7 Å². The highest BCUT2D eigenvalue weighted by Gasteiger charge is 2.43. The van der Waals surface area contributed by atoms with Gasteiger partial charge in [0.1, 0.15) is 0 Å². The highest BCUT2D eigenvalue weighted by molar-refractivity contribution is 5.95. The minimum absolute atomic E-state index is 0.149. The van der Waals surface area contributed by atoms with E-state index in [0.29, 0.717) is 12.8 Å². The van der Waals surface area contributed by atoms with Crippen LogP contribution in [0.5, 0.6) is 0 Å². The molecular formula is C14H14F3NO2. The predicted molar refractivity (Wildman–Crippen MR) is 64.5 cm³/mol. The van der Waals surface area contributed by atoms with Gasteiger partial charge in [-0.25, -0.2) is 13.2 Å². The van der Waals surface area contributed by atoms with E-state index in [-0.39, 0.29) is 12.1 Å². The van der Waals surface area contributed by atoms with Gasteiger partial charge in [0.2, 0.25) is 0 Å². The van der Waals surface area contributed by atoms with Crippen molar-refractivity contribution in [2.24, 2.45) is 0 Å². The van der Waals surface area contributed by atoms with Crippen molar-refractivity contribution in [2.45, 2.75) is 43.9 Å². The van der Waals surface area contributed by atoms with Crippen molar-refractivity contribution in [3.05, 3.63) is 35.1 Å². The molecule has 2 aliphatic heterocycles. The van der Waals surface area contributed by atoms with Crippen LogP contribution in [0.2, 0.25) is 0 Å². The lowest BCUT2D eigenvalue weighted by molar-refractivity contribution is 0.0283. The van der Waals surface area contributed by atoms with Crippen LogP contribution in [-0.2, 0) is 0 Å². The maximum atomic E-state index is 13.7. The number of halogens is 3. The molecule has 2 saturated heterocycles. The molecule has 3 nitrogen and oxygen atoms in total. The maximum Gasteiger partial charge on any atom is 0.257 e. The van der Waals surface area contributed by atoms with E-state index in [1.807, 2.05) is 0 Å². The van der Waals surface area contributed by atoms with Gasteiger partial charge in [-0.2, -0.15) is 0 Å². The summed E-state index contributed by atoms with van der Waals surface area (Å²) in [6, 6.07) is 1.43. The van der Waals surface area contributed by atoms with E-state index in [1.54, 1.807) is 0 Å². The van der Waals surface area contributed by atoms with Crippen LogP contribution in [0.15, 0.2) is 12.1 Å². The van der Waals surface area contributed by atoms with Crippen molar-refractivity contribution in [2.75, 3.05) is 0 Å². The third-order valence-corrected chi connectivity index (χ3v) is 4.21. The summed E-state index contributed by atoms with van der Waals surface area (Å²) in [7, 11) is 0. The average Bonchev–Trinajstić information content (AvgIpc) is 2.68. The molecule has 1 aromatic carbocycles. The van der Waals surface area contributed by atoms with E-state index >= 15 is 0 Å². The van der Waals surface area contributed by atoms with Crippen molar-refractivity contribution in [1.29, 1.82) is 0 Å². The highest BCUT2D eigenvalue weighted by atomic mass is 19.2.